The molecule has 1 fully saturated rings. The predicted molar refractivity (Wildman–Crippen MR) is 91.0 cm³/mol. The Balaban J connectivity index is 1.71. The fourth-order valence-corrected chi connectivity index (χ4v) is 3.05. The van der Waals surface area contributed by atoms with Crippen molar-refractivity contribution in [3.8, 4) is 11.3 Å². The predicted octanol–water partition coefficient (Wildman–Crippen LogP) is 2.54. The van der Waals surface area contributed by atoms with Crippen molar-refractivity contribution in [3.05, 3.63) is 42.2 Å². The van der Waals surface area contributed by atoms with E-state index in [1.165, 1.54) is 5.56 Å². The molecule has 1 aliphatic rings. The van der Waals surface area contributed by atoms with Crippen LogP contribution in [0.15, 0.2) is 36.7 Å². The maximum Gasteiger partial charge on any atom is 0.217 e. The van der Waals surface area contributed by atoms with Crippen LogP contribution in [0.25, 0.3) is 11.3 Å². The third kappa shape index (κ3) is 3.86. The Bertz CT molecular complexity index is 676. The molecule has 1 aromatic carbocycles. The Hall–Kier alpha value is -2.43. The molecule has 2 heterocycles. The first-order valence-electron chi connectivity index (χ1n) is 8.04. The molecule has 23 heavy (non-hydrogen) atoms. The molecule has 2 N–H and O–H groups in total. The molecule has 1 amide bonds. The highest BCUT2D eigenvalue weighted by molar-refractivity contribution is 5.74. The number of benzene rings is 1. The molecule has 0 unspecified atom stereocenters. The molecular weight excluding hydrogens is 288 g/mol. The first-order chi connectivity index (χ1) is 11.1. The molecule has 1 aromatic heterocycles. The van der Waals surface area contributed by atoms with Gasteiger partial charge in [-0.25, -0.2) is 9.97 Å². The lowest BCUT2D eigenvalue weighted by Gasteiger charge is -2.32. The number of piperidine rings is 1. The lowest BCUT2D eigenvalue weighted by Crippen LogP contribution is -2.35. The molecule has 0 atom stereocenters. The lowest BCUT2D eigenvalue weighted by molar-refractivity contribution is -0.119. The summed E-state index contributed by atoms with van der Waals surface area (Å²) in [5.74, 6) is 1.15. The minimum absolute atomic E-state index is 0.202. The van der Waals surface area contributed by atoms with Gasteiger partial charge in [0.15, 0.2) is 0 Å². The van der Waals surface area contributed by atoms with Crippen LogP contribution in [0.2, 0.25) is 0 Å². The largest absolute Gasteiger partial charge is 0.370 e. The number of primary amides is 1. The van der Waals surface area contributed by atoms with Gasteiger partial charge in [-0.2, -0.15) is 0 Å². The number of nitrogens with two attached hydrogens (primary N) is 1. The van der Waals surface area contributed by atoms with Crippen molar-refractivity contribution in [1.29, 1.82) is 0 Å². The minimum Gasteiger partial charge on any atom is -0.370 e. The van der Waals surface area contributed by atoms with Gasteiger partial charge in [0.1, 0.15) is 12.1 Å². The summed E-state index contributed by atoms with van der Waals surface area (Å²) in [6, 6.07) is 10.4. The second kappa shape index (κ2) is 6.77. The van der Waals surface area contributed by atoms with E-state index in [9.17, 15) is 4.79 Å². The van der Waals surface area contributed by atoms with Crippen LogP contribution in [0.1, 0.15) is 24.8 Å². The normalized spacial score (nSPS) is 15.6. The van der Waals surface area contributed by atoms with Crippen LogP contribution in [-0.4, -0.2) is 29.0 Å². The quantitative estimate of drug-likeness (QED) is 0.942. The van der Waals surface area contributed by atoms with Crippen molar-refractivity contribution in [2.45, 2.75) is 26.2 Å². The molecule has 0 bridgehead atoms. The van der Waals surface area contributed by atoms with E-state index in [1.807, 2.05) is 6.07 Å². The van der Waals surface area contributed by atoms with Crippen LogP contribution in [0.3, 0.4) is 0 Å². The molecule has 1 saturated heterocycles. The van der Waals surface area contributed by atoms with E-state index in [4.69, 9.17) is 5.73 Å². The number of hydrogen-bond acceptors (Lipinski definition) is 4. The van der Waals surface area contributed by atoms with Gasteiger partial charge >= 0.3 is 0 Å². The maximum absolute atomic E-state index is 11.0. The molecule has 0 radical (unpaired) electrons. The summed E-state index contributed by atoms with van der Waals surface area (Å²) in [5, 5.41) is 0. The maximum atomic E-state index is 11.0. The third-order valence-electron chi connectivity index (χ3n) is 4.43. The van der Waals surface area contributed by atoms with Crippen molar-refractivity contribution in [2.24, 2.45) is 11.7 Å². The average Bonchev–Trinajstić information content (AvgIpc) is 2.56. The number of aryl methyl sites for hydroxylation is 1. The second-order valence-corrected chi connectivity index (χ2v) is 6.23. The summed E-state index contributed by atoms with van der Waals surface area (Å²) >= 11 is 0. The smallest absolute Gasteiger partial charge is 0.217 e. The van der Waals surface area contributed by atoms with Gasteiger partial charge in [0.2, 0.25) is 5.91 Å². The van der Waals surface area contributed by atoms with E-state index >= 15 is 0 Å². The minimum atomic E-state index is -0.202. The molecule has 0 saturated carbocycles. The van der Waals surface area contributed by atoms with Crippen LogP contribution in [0.5, 0.6) is 0 Å². The monoisotopic (exact) mass is 310 g/mol. The first-order valence-corrected chi connectivity index (χ1v) is 8.04. The molecule has 0 aliphatic carbocycles. The lowest BCUT2D eigenvalue weighted by atomic mass is 9.93. The van der Waals surface area contributed by atoms with Gasteiger partial charge in [-0.1, -0.05) is 29.8 Å². The highest BCUT2D eigenvalue weighted by Gasteiger charge is 2.21. The number of nitrogens with zero attached hydrogens (tertiary/aromatic N) is 3. The van der Waals surface area contributed by atoms with E-state index < -0.39 is 0 Å². The van der Waals surface area contributed by atoms with Crippen molar-refractivity contribution < 1.29 is 4.79 Å². The van der Waals surface area contributed by atoms with E-state index in [1.54, 1.807) is 6.33 Å². The number of rotatable bonds is 4. The van der Waals surface area contributed by atoms with Gasteiger partial charge < -0.3 is 10.6 Å². The van der Waals surface area contributed by atoms with E-state index in [2.05, 4.69) is 46.1 Å². The Labute approximate surface area is 136 Å². The Kier molecular flexibility index (Phi) is 4.55. The summed E-state index contributed by atoms with van der Waals surface area (Å²) in [6.45, 7) is 3.88. The van der Waals surface area contributed by atoms with Gasteiger partial charge in [-0.3, -0.25) is 4.79 Å². The molecule has 3 rings (SSSR count). The van der Waals surface area contributed by atoms with Crippen LogP contribution in [0.4, 0.5) is 5.82 Å². The standard InChI is InChI=1S/C18H22N4O/c1-13-2-4-15(5-3-13)16-11-18(21-12-20-16)22-8-6-14(7-9-22)10-17(19)23/h2-5,11-12,14H,6-10H2,1H3,(H2,19,23). The zero-order valence-electron chi connectivity index (χ0n) is 13.4. The highest BCUT2D eigenvalue weighted by atomic mass is 16.1. The van der Waals surface area contributed by atoms with Crippen LogP contribution in [-0.2, 0) is 4.79 Å². The zero-order valence-corrected chi connectivity index (χ0v) is 13.4. The van der Waals surface area contributed by atoms with Crippen LogP contribution >= 0.6 is 0 Å². The number of aromatic nitrogens is 2. The number of amides is 1. The Morgan fingerprint density at radius 2 is 1.91 bits per heavy atom. The van der Waals surface area contributed by atoms with Crippen molar-refractivity contribution in [3.63, 3.8) is 0 Å². The number of hydrogen-bond donors (Lipinski definition) is 1. The van der Waals surface area contributed by atoms with E-state index in [-0.39, 0.29) is 5.91 Å². The zero-order chi connectivity index (χ0) is 16.2. The molecule has 2 aromatic rings. The first kappa shape index (κ1) is 15.5. The van der Waals surface area contributed by atoms with E-state index in [0.29, 0.717) is 12.3 Å². The summed E-state index contributed by atoms with van der Waals surface area (Å²) in [6.07, 6.45) is 4.08. The molecule has 5 nitrogen and oxygen atoms in total. The fourth-order valence-electron chi connectivity index (χ4n) is 3.05. The van der Waals surface area contributed by atoms with Crippen molar-refractivity contribution in [2.75, 3.05) is 18.0 Å². The Morgan fingerprint density at radius 1 is 1.22 bits per heavy atom. The third-order valence-corrected chi connectivity index (χ3v) is 4.43. The summed E-state index contributed by atoms with van der Waals surface area (Å²) in [7, 11) is 0. The summed E-state index contributed by atoms with van der Waals surface area (Å²) in [5.41, 5.74) is 8.57. The number of carbonyl (C=O) groups excluding carboxylic acids is 1. The van der Waals surface area contributed by atoms with Crippen molar-refractivity contribution in [1.82, 2.24) is 9.97 Å². The topological polar surface area (TPSA) is 72.1 Å². The Morgan fingerprint density at radius 3 is 2.57 bits per heavy atom. The molecule has 5 heteroatoms. The molecule has 120 valence electrons. The van der Waals surface area contributed by atoms with Crippen LogP contribution < -0.4 is 10.6 Å². The van der Waals surface area contributed by atoms with Gasteiger partial charge in [0, 0.05) is 31.1 Å². The number of carbonyl (C=O) groups is 1. The molecule has 1 aliphatic heterocycles. The second-order valence-electron chi connectivity index (χ2n) is 6.23. The molecule has 0 spiro atoms. The number of anilines is 1. The van der Waals surface area contributed by atoms with Gasteiger partial charge in [-0.15, -0.1) is 0 Å². The van der Waals surface area contributed by atoms with Crippen molar-refractivity contribution >= 4 is 11.7 Å². The van der Waals surface area contributed by atoms with Gasteiger partial charge in [0.25, 0.3) is 0 Å². The van der Waals surface area contributed by atoms with Gasteiger partial charge in [0.05, 0.1) is 5.69 Å². The summed E-state index contributed by atoms with van der Waals surface area (Å²) in [4.78, 5) is 22.1. The SMILES string of the molecule is Cc1ccc(-c2cc(N3CCC(CC(N)=O)CC3)ncn2)cc1. The van der Waals surface area contributed by atoms with E-state index in [0.717, 1.165) is 43.0 Å². The molecular formula is C18H22N4O. The fraction of sp³-hybridized carbons (Fsp3) is 0.389. The van der Waals surface area contributed by atoms with Gasteiger partial charge in [-0.05, 0) is 25.7 Å². The average molecular weight is 310 g/mol. The van der Waals surface area contributed by atoms with Crippen LogP contribution in [0, 0.1) is 12.8 Å². The summed E-state index contributed by atoms with van der Waals surface area (Å²) < 4.78 is 0. The highest BCUT2D eigenvalue weighted by Crippen LogP contribution is 2.26.